The van der Waals surface area contributed by atoms with Crippen molar-refractivity contribution in [3.63, 3.8) is 0 Å². The van der Waals surface area contributed by atoms with E-state index in [2.05, 4.69) is 20.9 Å². The number of aliphatic imine (C=N–C) groups is 1. The van der Waals surface area contributed by atoms with Crippen LogP contribution in [0.2, 0.25) is 0 Å². The number of ether oxygens (including phenoxy) is 1. The van der Waals surface area contributed by atoms with Gasteiger partial charge in [0.1, 0.15) is 11.6 Å². The van der Waals surface area contributed by atoms with Crippen LogP contribution in [0.4, 0.5) is 10.1 Å². The molecule has 0 aliphatic carbocycles. The number of carbonyl (C=O) groups is 1. The van der Waals surface area contributed by atoms with Gasteiger partial charge in [-0.3, -0.25) is 9.79 Å². The summed E-state index contributed by atoms with van der Waals surface area (Å²) in [5.74, 6) is 0.712. The number of rotatable bonds is 7. The highest BCUT2D eigenvalue weighted by atomic mass is 127. The van der Waals surface area contributed by atoms with E-state index in [1.54, 1.807) is 7.05 Å². The minimum atomic E-state index is -0.349. The quantitative estimate of drug-likeness (QED) is 0.298. The Morgan fingerprint density at radius 2 is 1.83 bits per heavy atom. The van der Waals surface area contributed by atoms with E-state index in [1.807, 2.05) is 39.0 Å². The first-order chi connectivity index (χ1) is 13.4. The summed E-state index contributed by atoms with van der Waals surface area (Å²) in [6, 6.07) is 11.6. The lowest BCUT2D eigenvalue weighted by Gasteiger charge is -2.17. The smallest absolute Gasteiger partial charge is 0.243 e. The second-order valence-corrected chi connectivity index (χ2v) is 6.61. The standard InChI is InChI=1S/C21H27FN4O2.HI/c1-14(2)28-19-11-15(3)5-6-16(19)12-24-21(23-4)25-13-20(27)26-18-9-7-17(22)8-10-18;/h5-11,14H,12-13H2,1-4H3,(H,26,27)(H2,23,24,25);1H. The van der Waals surface area contributed by atoms with Gasteiger partial charge in [-0.2, -0.15) is 0 Å². The van der Waals surface area contributed by atoms with Crippen molar-refractivity contribution in [2.24, 2.45) is 4.99 Å². The number of hydrogen-bond donors (Lipinski definition) is 3. The number of halogens is 2. The first-order valence-electron chi connectivity index (χ1n) is 9.13. The van der Waals surface area contributed by atoms with E-state index in [4.69, 9.17) is 4.74 Å². The number of amides is 1. The Morgan fingerprint density at radius 1 is 1.14 bits per heavy atom. The van der Waals surface area contributed by atoms with Crippen molar-refractivity contribution in [2.75, 3.05) is 18.9 Å². The van der Waals surface area contributed by atoms with Crippen molar-refractivity contribution < 1.29 is 13.9 Å². The third-order valence-corrected chi connectivity index (χ3v) is 3.80. The molecular formula is C21H28FIN4O2. The van der Waals surface area contributed by atoms with E-state index in [0.29, 0.717) is 18.2 Å². The maximum atomic E-state index is 12.9. The molecule has 158 valence electrons. The number of carbonyl (C=O) groups excluding carboxylic acids is 1. The zero-order valence-electron chi connectivity index (χ0n) is 17.1. The Bertz CT molecular complexity index is 826. The Kier molecular flexibility index (Phi) is 10.4. The largest absolute Gasteiger partial charge is 0.491 e. The number of nitrogens with zero attached hydrogens (tertiary/aromatic N) is 1. The zero-order valence-corrected chi connectivity index (χ0v) is 19.4. The molecule has 0 saturated carbocycles. The predicted molar refractivity (Wildman–Crippen MR) is 126 cm³/mol. The van der Waals surface area contributed by atoms with Crippen LogP contribution in [-0.4, -0.2) is 31.6 Å². The molecule has 0 aliphatic heterocycles. The first-order valence-corrected chi connectivity index (χ1v) is 9.13. The highest BCUT2D eigenvalue weighted by molar-refractivity contribution is 14.0. The van der Waals surface area contributed by atoms with Crippen molar-refractivity contribution >= 4 is 41.5 Å². The van der Waals surface area contributed by atoms with Crippen LogP contribution in [0.1, 0.15) is 25.0 Å². The summed E-state index contributed by atoms with van der Waals surface area (Å²) in [6.45, 7) is 6.52. The predicted octanol–water partition coefficient (Wildman–Crippen LogP) is 3.84. The Morgan fingerprint density at radius 3 is 2.45 bits per heavy atom. The molecule has 0 fully saturated rings. The second-order valence-electron chi connectivity index (χ2n) is 6.61. The van der Waals surface area contributed by atoms with Crippen LogP contribution in [0.3, 0.4) is 0 Å². The van der Waals surface area contributed by atoms with E-state index in [9.17, 15) is 9.18 Å². The lowest BCUT2D eigenvalue weighted by Crippen LogP contribution is -2.41. The van der Waals surface area contributed by atoms with Gasteiger partial charge in [0.15, 0.2) is 5.96 Å². The maximum Gasteiger partial charge on any atom is 0.243 e. The number of anilines is 1. The molecule has 2 rings (SSSR count). The summed E-state index contributed by atoms with van der Waals surface area (Å²) in [7, 11) is 1.63. The fraction of sp³-hybridized carbons (Fsp3) is 0.333. The molecule has 1 amide bonds. The Labute approximate surface area is 188 Å². The van der Waals surface area contributed by atoms with Gasteiger partial charge in [0, 0.05) is 24.8 Å². The molecule has 6 nitrogen and oxygen atoms in total. The number of aryl methyl sites for hydroxylation is 1. The van der Waals surface area contributed by atoms with E-state index >= 15 is 0 Å². The van der Waals surface area contributed by atoms with Crippen molar-refractivity contribution in [2.45, 2.75) is 33.4 Å². The molecule has 2 aromatic carbocycles. The molecule has 3 N–H and O–H groups in total. The maximum absolute atomic E-state index is 12.9. The van der Waals surface area contributed by atoms with Crippen molar-refractivity contribution in [3.05, 3.63) is 59.4 Å². The van der Waals surface area contributed by atoms with Gasteiger partial charge in [-0.05, 0) is 56.7 Å². The highest BCUT2D eigenvalue weighted by Crippen LogP contribution is 2.21. The van der Waals surface area contributed by atoms with E-state index in [1.165, 1.54) is 24.3 Å². The number of guanidine groups is 1. The molecule has 0 atom stereocenters. The van der Waals surface area contributed by atoms with Crippen molar-refractivity contribution in [3.8, 4) is 5.75 Å². The molecule has 0 radical (unpaired) electrons. The summed E-state index contributed by atoms with van der Waals surface area (Å²) in [4.78, 5) is 16.2. The molecule has 8 heteroatoms. The van der Waals surface area contributed by atoms with Crippen molar-refractivity contribution in [1.82, 2.24) is 10.6 Å². The SMILES string of the molecule is CN=C(NCC(=O)Nc1ccc(F)cc1)NCc1ccc(C)cc1OC(C)C.I. The van der Waals surface area contributed by atoms with Crippen LogP contribution in [0, 0.1) is 12.7 Å². The van der Waals surface area contributed by atoms with Gasteiger partial charge in [-0.15, -0.1) is 24.0 Å². The lowest BCUT2D eigenvalue weighted by atomic mass is 10.1. The van der Waals surface area contributed by atoms with Gasteiger partial charge in [-0.1, -0.05) is 12.1 Å². The topological polar surface area (TPSA) is 74.8 Å². The van der Waals surface area contributed by atoms with Gasteiger partial charge >= 0.3 is 0 Å². The van der Waals surface area contributed by atoms with Gasteiger partial charge < -0.3 is 20.7 Å². The fourth-order valence-corrected chi connectivity index (χ4v) is 2.47. The monoisotopic (exact) mass is 514 g/mol. The van der Waals surface area contributed by atoms with Crippen LogP contribution < -0.4 is 20.7 Å². The summed E-state index contributed by atoms with van der Waals surface area (Å²) >= 11 is 0. The highest BCUT2D eigenvalue weighted by Gasteiger charge is 2.09. The first kappa shape index (κ1) is 24.7. The van der Waals surface area contributed by atoms with E-state index in [0.717, 1.165) is 16.9 Å². The molecule has 0 heterocycles. The zero-order chi connectivity index (χ0) is 20.5. The second kappa shape index (κ2) is 12.3. The number of hydrogen-bond acceptors (Lipinski definition) is 3. The average Bonchev–Trinajstić information content (AvgIpc) is 2.64. The third-order valence-electron chi connectivity index (χ3n) is 3.80. The van der Waals surface area contributed by atoms with Gasteiger partial charge in [-0.25, -0.2) is 4.39 Å². The molecule has 0 aliphatic rings. The Hall–Kier alpha value is -2.36. The minimum Gasteiger partial charge on any atom is -0.491 e. The van der Waals surface area contributed by atoms with Crippen LogP contribution >= 0.6 is 24.0 Å². The number of benzene rings is 2. The van der Waals surface area contributed by atoms with Crippen LogP contribution in [0.25, 0.3) is 0 Å². The van der Waals surface area contributed by atoms with E-state index in [-0.39, 0.29) is 48.3 Å². The summed E-state index contributed by atoms with van der Waals surface area (Å²) in [5.41, 5.74) is 2.66. The fourth-order valence-electron chi connectivity index (χ4n) is 2.47. The molecule has 2 aromatic rings. The van der Waals surface area contributed by atoms with Gasteiger partial charge in [0.25, 0.3) is 0 Å². The minimum absolute atomic E-state index is 0. The normalized spacial score (nSPS) is 10.9. The summed E-state index contributed by atoms with van der Waals surface area (Å²) in [5, 5.41) is 8.82. The van der Waals surface area contributed by atoms with Gasteiger partial charge in [0.05, 0.1) is 12.6 Å². The van der Waals surface area contributed by atoms with Gasteiger partial charge in [0.2, 0.25) is 5.91 Å². The van der Waals surface area contributed by atoms with Crippen LogP contribution in [-0.2, 0) is 11.3 Å². The van der Waals surface area contributed by atoms with Crippen LogP contribution in [0.15, 0.2) is 47.5 Å². The average molecular weight is 514 g/mol. The molecular weight excluding hydrogens is 486 g/mol. The Balaban J connectivity index is 0.00000420. The van der Waals surface area contributed by atoms with Crippen LogP contribution in [0.5, 0.6) is 5.75 Å². The summed E-state index contributed by atoms with van der Waals surface area (Å²) < 4.78 is 18.8. The summed E-state index contributed by atoms with van der Waals surface area (Å²) in [6.07, 6.45) is 0.0770. The van der Waals surface area contributed by atoms with E-state index < -0.39 is 0 Å². The molecule has 0 saturated heterocycles. The third kappa shape index (κ3) is 8.68. The molecule has 0 spiro atoms. The number of nitrogens with one attached hydrogen (secondary N) is 3. The molecule has 29 heavy (non-hydrogen) atoms. The van der Waals surface area contributed by atoms with Crippen molar-refractivity contribution in [1.29, 1.82) is 0 Å². The molecule has 0 unspecified atom stereocenters. The lowest BCUT2D eigenvalue weighted by molar-refractivity contribution is -0.115. The molecule has 0 aromatic heterocycles. The molecule has 0 bridgehead atoms.